The van der Waals surface area contributed by atoms with Crippen molar-refractivity contribution < 1.29 is 49.0 Å². The molecule has 0 aliphatic carbocycles. The summed E-state index contributed by atoms with van der Waals surface area (Å²) >= 11 is 1.20. The molecule has 61 heavy (non-hydrogen) atoms. The molecule has 3 aromatic rings. The number of ether oxygens (including phenoxy) is 3. The van der Waals surface area contributed by atoms with E-state index in [9.17, 15) is 34.8 Å². The number of amides is 1. The van der Waals surface area contributed by atoms with Crippen LogP contribution >= 0.6 is 11.8 Å². The van der Waals surface area contributed by atoms with E-state index in [1.165, 1.54) is 26.0 Å². The van der Waals surface area contributed by atoms with E-state index in [2.05, 4.69) is 41.8 Å². The molecule has 3 aliphatic heterocycles. The lowest BCUT2D eigenvalue weighted by atomic mass is 9.84. The van der Waals surface area contributed by atoms with E-state index in [0.717, 1.165) is 56.4 Å². The van der Waals surface area contributed by atoms with Gasteiger partial charge in [-0.15, -0.1) is 11.8 Å². The van der Waals surface area contributed by atoms with Crippen LogP contribution in [0.2, 0.25) is 0 Å². The van der Waals surface area contributed by atoms with E-state index in [1.807, 2.05) is 39.0 Å². The second-order valence-electron chi connectivity index (χ2n) is 15.7. The number of aliphatic hydroxyl groups is 4. The Morgan fingerprint density at radius 3 is 2.31 bits per heavy atom. The van der Waals surface area contributed by atoms with Crippen molar-refractivity contribution in [1.29, 1.82) is 0 Å². The first kappa shape index (κ1) is 45.7. The van der Waals surface area contributed by atoms with E-state index in [-0.39, 0.29) is 48.5 Å². The number of nitrogens with zero attached hydrogens (tertiary/aromatic N) is 2. The van der Waals surface area contributed by atoms with Crippen LogP contribution in [0.25, 0.3) is 39.3 Å². The second kappa shape index (κ2) is 19.5. The molecule has 0 spiro atoms. The molecule has 7 atom stereocenters. The van der Waals surface area contributed by atoms with Crippen LogP contribution in [0.5, 0.6) is 0 Å². The topological polar surface area (TPSA) is 229 Å². The maximum absolute atomic E-state index is 14.5. The number of hydrogen-bond donors (Lipinski definition) is 7. The Kier molecular flexibility index (Phi) is 14.6. The highest BCUT2D eigenvalue weighted by molar-refractivity contribution is 7.99. The number of aliphatic hydroxyl groups excluding tert-OH is 4. The lowest BCUT2D eigenvalue weighted by Gasteiger charge is -2.39. The zero-order valence-electron chi connectivity index (χ0n) is 35.8. The molecule has 1 amide bonds. The number of rotatable bonds is 14. The Labute approximate surface area is 359 Å². The summed E-state index contributed by atoms with van der Waals surface area (Å²) in [6.45, 7) is 13.8. The summed E-state index contributed by atoms with van der Waals surface area (Å²) in [6, 6.07) is 5.99. The number of fused-ring (bicyclic) bond motifs is 8. The largest absolute Gasteiger partial charge is 0.469 e. The third-order valence-corrected chi connectivity index (χ3v) is 13.4. The third-order valence-electron chi connectivity index (χ3n) is 12.1. The van der Waals surface area contributed by atoms with Crippen LogP contribution in [-0.4, -0.2) is 121 Å². The number of methoxy groups -OCH3 is 2. The third kappa shape index (κ3) is 9.20. The number of allylic oxidation sites excluding steroid dienone is 1. The van der Waals surface area contributed by atoms with Gasteiger partial charge in [0.1, 0.15) is 29.9 Å². The van der Waals surface area contributed by atoms with Crippen molar-refractivity contribution in [2.24, 2.45) is 0 Å². The van der Waals surface area contributed by atoms with Crippen molar-refractivity contribution in [3.63, 3.8) is 0 Å². The summed E-state index contributed by atoms with van der Waals surface area (Å²) in [5, 5.41) is 43.4. The number of aryl methyl sites for hydroxylation is 3. The molecule has 328 valence electrons. The van der Waals surface area contributed by atoms with Gasteiger partial charge >= 0.3 is 11.9 Å². The number of esters is 2. The average Bonchev–Trinajstić information content (AvgIpc) is 3.93. The zero-order valence-corrected chi connectivity index (χ0v) is 36.6. The van der Waals surface area contributed by atoms with E-state index in [0.29, 0.717) is 41.1 Å². The molecule has 15 nitrogen and oxygen atoms in total. The molecule has 7 N–H and O–H groups in total. The van der Waals surface area contributed by atoms with Crippen LogP contribution in [0.1, 0.15) is 102 Å². The van der Waals surface area contributed by atoms with Gasteiger partial charge in [-0.05, 0) is 86.2 Å². The molecule has 1 saturated heterocycles. The standard InChI is InChI=1S/C45H57N5O10S/c1-9-25-21(3)29-17-31-23(5)27(12-13-36(52)58-7)39(49-31)28(16-37(53)59-8)40-38(44(57)46-14-11-15-61-45-43(56)42(55)41(54)35(20-51)60-45)24(6)32(50-40)19-34-26(10-2)22(4)30(48-34)18-33(25)47-29/h9,17-19,23,27,35,41-43,45,47-48,51,54-56H,1,10-16,20H2,2-8H3,(H,46,57)/t23-,27-,35+,41+,42-,43+,45-/m0/s1. The number of thioether (sulfide) groups is 1. The lowest BCUT2D eigenvalue weighted by molar-refractivity contribution is -0.205. The van der Waals surface area contributed by atoms with E-state index in [4.69, 9.17) is 24.2 Å². The van der Waals surface area contributed by atoms with Crippen LogP contribution in [0.4, 0.5) is 0 Å². The van der Waals surface area contributed by atoms with Crippen molar-refractivity contribution in [2.45, 2.75) is 108 Å². The highest BCUT2D eigenvalue weighted by Crippen LogP contribution is 2.44. The van der Waals surface area contributed by atoms with Gasteiger partial charge in [-0.2, -0.15) is 0 Å². The summed E-state index contributed by atoms with van der Waals surface area (Å²) in [4.78, 5) is 58.0. The molecule has 0 saturated carbocycles. The van der Waals surface area contributed by atoms with E-state index >= 15 is 0 Å². The minimum atomic E-state index is -1.48. The molecule has 1 fully saturated rings. The quantitative estimate of drug-likeness (QED) is 0.0866. The Balaban J connectivity index is 1.51. The molecule has 3 aliphatic rings. The van der Waals surface area contributed by atoms with E-state index < -0.39 is 48.3 Å². The Bertz CT molecular complexity index is 2390. The van der Waals surface area contributed by atoms with E-state index in [1.54, 1.807) is 0 Å². The van der Waals surface area contributed by atoms with Crippen LogP contribution in [0.3, 0.4) is 0 Å². The van der Waals surface area contributed by atoms with Gasteiger partial charge < -0.3 is 49.9 Å². The number of carbonyl (C=O) groups is 3. The fraction of sp³-hybridized carbons (Fsp3) is 0.489. The minimum absolute atomic E-state index is 0.0968. The average molecular weight is 860 g/mol. The van der Waals surface area contributed by atoms with Gasteiger partial charge in [-0.25, -0.2) is 4.98 Å². The summed E-state index contributed by atoms with van der Waals surface area (Å²) in [5.41, 5.74) is 9.92. The number of aromatic nitrogens is 4. The van der Waals surface area contributed by atoms with Crippen LogP contribution in [0, 0.1) is 13.8 Å². The number of nitrogens with one attached hydrogen (secondary N) is 3. The maximum atomic E-state index is 14.5. The second-order valence-corrected chi connectivity index (χ2v) is 16.9. The van der Waals surface area contributed by atoms with Gasteiger partial charge in [-0.1, -0.05) is 26.5 Å². The summed E-state index contributed by atoms with van der Waals surface area (Å²) in [5.74, 6) is -1.54. The molecule has 0 aromatic carbocycles. The number of H-pyrrole nitrogens is 2. The number of carbonyl (C=O) groups excluding carboxylic acids is 3. The fourth-order valence-corrected chi connectivity index (χ4v) is 9.59. The van der Waals surface area contributed by atoms with Gasteiger partial charge in [0, 0.05) is 63.7 Å². The Hall–Kier alpha value is -4.84. The molecular weight excluding hydrogens is 803 g/mol. The molecule has 16 heteroatoms. The van der Waals surface area contributed by atoms with Crippen molar-refractivity contribution in [3.8, 4) is 0 Å². The minimum Gasteiger partial charge on any atom is -0.469 e. The van der Waals surface area contributed by atoms with Gasteiger partial charge in [-0.3, -0.25) is 19.4 Å². The molecule has 6 heterocycles. The normalized spacial score (nSPS) is 22.6. The maximum Gasteiger partial charge on any atom is 0.310 e. The molecule has 6 rings (SSSR count). The van der Waals surface area contributed by atoms with Crippen LogP contribution < -0.4 is 5.32 Å². The molecule has 0 unspecified atom stereocenters. The van der Waals surface area contributed by atoms with Crippen LogP contribution in [0.15, 0.2) is 24.8 Å². The fourth-order valence-electron chi connectivity index (χ4n) is 8.47. The molecular formula is C45H57N5O10S. The van der Waals surface area contributed by atoms with Gasteiger partial charge in [0.25, 0.3) is 5.91 Å². The monoisotopic (exact) mass is 859 g/mol. The Morgan fingerprint density at radius 2 is 1.64 bits per heavy atom. The lowest BCUT2D eigenvalue weighted by Crippen LogP contribution is -2.57. The summed E-state index contributed by atoms with van der Waals surface area (Å²) < 4.78 is 15.9. The van der Waals surface area contributed by atoms with Gasteiger partial charge in [0.2, 0.25) is 0 Å². The summed E-state index contributed by atoms with van der Waals surface area (Å²) in [7, 11) is 2.64. The highest BCUT2D eigenvalue weighted by Gasteiger charge is 2.43. The zero-order chi connectivity index (χ0) is 44.3. The first-order valence-corrected chi connectivity index (χ1v) is 21.7. The summed E-state index contributed by atoms with van der Waals surface area (Å²) in [6.07, 6.45) is -2.13. The SMILES string of the molecule is C=Cc1c(C)c2cc3nc(c(CC(=O)OC)c4nc(cc5[nH]c(cc1[nH]2)c(C)c5CC)C(C)=C4C(=O)NCCCS[C@@H]1O[C@H](CO)[C@@H](O)[C@H](O)[C@H]1O)[C@@H](CCC(=O)OC)[C@@H]3C. The van der Waals surface area contributed by atoms with Gasteiger partial charge in [0.15, 0.2) is 0 Å². The van der Waals surface area contributed by atoms with Gasteiger partial charge in [0.05, 0.1) is 49.9 Å². The predicted octanol–water partition coefficient (Wildman–Crippen LogP) is 4.66. The van der Waals surface area contributed by atoms with Crippen molar-refractivity contribution >= 4 is 68.9 Å². The smallest absolute Gasteiger partial charge is 0.310 e. The first-order valence-electron chi connectivity index (χ1n) is 20.6. The highest BCUT2D eigenvalue weighted by atomic mass is 32.2. The molecule has 8 bridgehead atoms. The molecule has 3 aromatic heterocycles. The van der Waals surface area contributed by atoms with Crippen molar-refractivity contribution in [1.82, 2.24) is 25.3 Å². The number of aromatic amines is 2. The van der Waals surface area contributed by atoms with Crippen molar-refractivity contribution in [3.05, 3.63) is 75.4 Å². The first-order chi connectivity index (χ1) is 29.2. The predicted molar refractivity (Wildman–Crippen MR) is 234 cm³/mol. The number of hydrogen-bond acceptors (Lipinski definition) is 13. The van der Waals surface area contributed by atoms with Crippen LogP contribution in [-0.2, 0) is 41.4 Å². The Morgan fingerprint density at radius 1 is 0.934 bits per heavy atom. The van der Waals surface area contributed by atoms with Crippen molar-refractivity contribution in [2.75, 3.05) is 33.1 Å². The molecule has 0 radical (unpaired) electrons.